The molecule has 1 heterocycles. The lowest BCUT2D eigenvalue weighted by molar-refractivity contribution is -0.129. The maximum atomic E-state index is 11.9. The number of ether oxygens (including phenoxy) is 1. The Morgan fingerprint density at radius 2 is 2.00 bits per heavy atom. The van der Waals surface area contributed by atoms with Crippen molar-refractivity contribution >= 4 is 12.0 Å². The molecule has 1 aliphatic heterocycles. The minimum Gasteiger partial charge on any atom is -0.378 e. The van der Waals surface area contributed by atoms with Crippen molar-refractivity contribution < 1.29 is 9.53 Å². The zero-order valence-electron chi connectivity index (χ0n) is 10.1. The molecule has 0 unspecified atom stereocenters. The second-order valence-electron chi connectivity index (χ2n) is 4.13. The lowest BCUT2D eigenvalue weighted by Gasteiger charge is -2.25. The fraction of sp³-hybridized carbons (Fsp3) is 0.357. The summed E-state index contributed by atoms with van der Waals surface area (Å²) in [6.45, 7) is 4.71. The summed E-state index contributed by atoms with van der Waals surface area (Å²) < 4.78 is 5.21. The van der Waals surface area contributed by atoms with Crippen LogP contribution in [0.25, 0.3) is 6.08 Å². The van der Waals surface area contributed by atoms with E-state index in [-0.39, 0.29) is 5.91 Å². The van der Waals surface area contributed by atoms with Crippen LogP contribution < -0.4 is 0 Å². The SMILES string of the molecule is Cc1ccccc1C=CC(=O)N1CCOCC1. The molecule has 0 radical (unpaired) electrons. The molecule has 17 heavy (non-hydrogen) atoms. The first-order valence-corrected chi connectivity index (χ1v) is 5.88. The molecule has 0 aromatic heterocycles. The monoisotopic (exact) mass is 231 g/mol. The molecular weight excluding hydrogens is 214 g/mol. The van der Waals surface area contributed by atoms with E-state index in [2.05, 4.69) is 0 Å². The molecule has 1 fully saturated rings. The Morgan fingerprint density at radius 1 is 1.29 bits per heavy atom. The van der Waals surface area contributed by atoms with E-state index in [0.29, 0.717) is 26.3 Å². The van der Waals surface area contributed by atoms with Gasteiger partial charge in [-0.25, -0.2) is 0 Å². The van der Waals surface area contributed by atoms with E-state index in [1.54, 1.807) is 6.08 Å². The van der Waals surface area contributed by atoms with Gasteiger partial charge < -0.3 is 9.64 Å². The number of carbonyl (C=O) groups excluding carboxylic acids is 1. The van der Waals surface area contributed by atoms with E-state index in [1.807, 2.05) is 42.2 Å². The maximum Gasteiger partial charge on any atom is 0.246 e. The number of aryl methyl sites for hydroxylation is 1. The first-order valence-electron chi connectivity index (χ1n) is 5.88. The van der Waals surface area contributed by atoms with E-state index in [0.717, 1.165) is 5.56 Å². The topological polar surface area (TPSA) is 29.5 Å². The Kier molecular flexibility index (Phi) is 3.94. The Morgan fingerprint density at radius 3 is 2.71 bits per heavy atom. The summed E-state index contributed by atoms with van der Waals surface area (Å²) >= 11 is 0. The predicted octanol–water partition coefficient (Wildman–Crippen LogP) is 1.87. The quantitative estimate of drug-likeness (QED) is 0.727. The summed E-state index contributed by atoms with van der Waals surface area (Å²) in [7, 11) is 0. The van der Waals surface area contributed by atoms with Crippen LogP contribution in [0.15, 0.2) is 30.3 Å². The van der Waals surface area contributed by atoms with E-state index in [4.69, 9.17) is 4.74 Å². The third kappa shape index (κ3) is 3.17. The Hall–Kier alpha value is -1.61. The van der Waals surface area contributed by atoms with Gasteiger partial charge in [-0.3, -0.25) is 4.79 Å². The van der Waals surface area contributed by atoms with Gasteiger partial charge in [-0.05, 0) is 24.1 Å². The highest BCUT2D eigenvalue weighted by Crippen LogP contribution is 2.09. The summed E-state index contributed by atoms with van der Waals surface area (Å²) in [5, 5.41) is 0. The molecule has 3 heteroatoms. The lowest BCUT2D eigenvalue weighted by atomic mass is 10.1. The van der Waals surface area contributed by atoms with Crippen molar-refractivity contribution in [2.45, 2.75) is 6.92 Å². The molecule has 1 aromatic rings. The third-order valence-corrected chi connectivity index (χ3v) is 2.92. The van der Waals surface area contributed by atoms with Gasteiger partial charge in [0.15, 0.2) is 0 Å². The number of hydrogen-bond donors (Lipinski definition) is 0. The van der Waals surface area contributed by atoms with Gasteiger partial charge in [0, 0.05) is 19.2 Å². The van der Waals surface area contributed by atoms with Crippen molar-refractivity contribution in [2.24, 2.45) is 0 Å². The molecule has 0 atom stereocenters. The van der Waals surface area contributed by atoms with Crippen LogP contribution in [-0.4, -0.2) is 37.1 Å². The van der Waals surface area contributed by atoms with Crippen LogP contribution in [0.3, 0.4) is 0 Å². The second-order valence-corrected chi connectivity index (χ2v) is 4.13. The van der Waals surface area contributed by atoms with Crippen LogP contribution in [0, 0.1) is 6.92 Å². The van der Waals surface area contributed by atoms with Crippen molar-refractivity contribution in [1.82, 2.24) is 4.90 Å². The van der Waals surface area contributed by atoms with Gasteiger partial charge in [0.25, 0.3) is 0 Å². The predicted molar refractivity (Wildman–Crippen MR) is 67.6 cm³/mol. The van der Waals surface area contributed by atoms with Crippen LogP contribution in [0.5, 0.6) is 0 Å². The van der Waals surface area contributed by atoms with Crippen molar-refractivity contribution in [1.29, 1.82) is 0 Å². The highest BCUT2D eigenvalue weighted by molar-refractivity contribution is 5.92. The molecule has 0 bridgehead atoms. The minimum absolute atomic E-state index is 0.0663. The van der Waals surface area contributed by atoms with Crippen molar-refractivity contribution in [3.8, 4) is 0 Å². The Balaban J connectivity index is 2.00. The molecular formula is C14H17NO2. The molecule has 0 spiro atoms. The molecule has 90 valence electrons. The van der Waals surface area contributed by atoms with E-state index in [1.165, 1.54) is 5.56 Å². The molecule has 0 saturated carbocycles. The smallest absolute Gasteiger partial charge is 0.246 e. The van der Waals surface area contributed by atoms with Crippen molar-refractivity contribution in [3.63, 3.8) is 0 Å². The minimum atomic E-state index is 0.0663. The summed E-state index contributed by atoms with van der Waals surface area (Å²) in [6, 6.07) is 8.03. The molecule has 0 N–H and O–H groups in total. The molecule has 2 rings (SSSR count). The van der Waals surface area contributed by atoms with Crippen molar-refractivity contribution in [3.05, 3.63) is 41.5 Å². The number of hydrogen-bond acceptors (Lipinski definition) is 2. The molecule has 1 aromatic carbocycles. The number of amides is 1. The van der Waals surface area contributed by atoms with E-state index >= 15 is 0 Å². The van der Waals surface area contributed by atoms with Gasteiger partial charge in [0.05, 0.1) is 13.2 Å². The average Bonchev–Trinajstić information content (AvgIpc) is 2.38. The number of morpholine rings is 1. The Bertz CT molecular complexity index is 420. The first-order chi connectivity index (χ1) is 8.27. The third-order valence-electron chi connectivity index (χ3n) is 2.92. The molecule has 1 amide bonds. The van der Waals surface area contributed by atoms with Crippen LogP contribution in [0.1, 0.15) is 11.1 Å². The zero-order valence-corrected chi connectivity index (χ0v) is 10.1. The second kappa shape index (κ2) is 5.64. The van der Waals surface area contributed by atoms with Gasteiger partial charge in [-0.15, -0.1) is 0 Å². The van der Waals surface area contributed by atoms with Crippen molar-refractivity contribution in [2.75, 3.05) is 26.3 Å². The summed E-state index contributed by atoms with van der Waals surface area (Å²) in [5.74, 6) is 0.0663. The number of carbonyl (C=O) groups is 1. The summed E-state index contributed by atoms with van der Waals surface area (Å²) in [4.78, 5) is 13.7. The number of rotatable bonds is 2. The molecule has 1 aliphatic rings. The standard InChI is InChI=1S/C14H17NO2/c1-12-4-2-3-5-13(12)6-7-14(16)15-8-10-17-11-9-15/h2-7H,8-11H2,1H3. The molecule has 3 nitrogen and oxygen atoms in total. The zero-order chi connectivity index (χ0) is 12.1. The van der Waals surface area contributed by atoms with Gasteiger partial charge >= 0.3 is 0 Å². The van der Waals surface area contributed by atoms with Gasteiger partial charge in [0.1, 0.15) is 0 Å². The number of benzene rings is 1. The Labute approximate surface area is 102 Å². The van der Waals surface area contributed by atoms with Crippen LogP contribution in [-0.2, 0) is 9.53 Å². The number of nitrogens with zero attached hydrogens (tertiary/aromatic N) is 1. The summed E-state index contributed by atoms with van der Waals surface area (Å²) in [5.41, 5.74) is 2.27. The molecule has 0 aliphatic carbocycles. The van der Waals surface area contributed by atoms with Crippen LogP contribution >= 0.6 is 0 Å². The first kappa shape index (κ1) is 11.9. The fourth-order valence-corrected chi connectivity index (χ4v) is 1.82. The lowest BCUT2D eigenvalue weighted by Crippen LogP contribution is -2.39. The molecule has 1 saturated heterocycles. The normalized spacial score (nSPS) is 16.4. The highest BCUT2D eigenvalue weighted by atomic mass is 16.5. The fourth-order valence-electron chi connectivity index (χ4n) is 1.82. The van der Waals surface area contributed by atoms with E-state index < -0.39 is 0 Å². The van der Waals surface area contributed by atoms with Gasteiger partial charge in [-0.2, -0.15) is 0 Å². The van der Waals surface area contributed by atoms with E-state index in [9.17, 15) is 4.79 Å². The average molecular weight is 231 g/mol. The van der Waals surface area contributed by atoms with Crippen LogP contribution in [0.2, 0.25) is 0 Å². The maximum absolute atomic E-state index is 11.9. The van der Waals surface area contributed by atoms with Gasteiger partial charge in [0.2, 0.25) is 5.91 Å². The largest absolute Gasteiger partial charge is 0.378 e. The van der Waals surface area contributed by atoms with Gasteiger partial charge in [-0.1, -0.05) is 24.3 Å². The van der Waals surface area contributed by atoms with Crippen LogP contribution in [0.4, 0.5) is 0 Å². The highest BCUT2D eigenvalue weighted by Gasteiger charge is 2.13. The summed E-state index contributed by atoms with van der Waals surface area (Å²) in [6.07, 6.45) is 3.53.